The van der Waals surface area contributed by atoms with Crippen LogP contribution in [0.25, 0.3) is 0 Å². The molecule has 2 rings (SSSR count). The quantitative estimate of drug-likeness (QED) is 0.770. The largest absolute Gasteiger partial charge is 0.254 e. The Morgan fingerprint density at radius 2 is 1.94 bits per heavy atom. The summed E-state index contributed by atoms with van der Waals surface area (Å²) in [5.41, 5.74) is 0. The van der Waals surface area contributed by atoms with E-state index in [0.29, 0.717) is 5.75 Å². The molecule has 0 saturated carbocycles. The van der Waals surface area contributed by atoms with Gasteiger partial charge in [0.1, 0.15) is 0 Å². The molecule has 0 saturated heterocycles. The number of hydrogen-bond donors (Lipinski definition) is 0. The highest BCUT2D eigenvalue weighted by Crippen LogP contribution is 2.23. The standard InChI is InChI=1S/C12H12OS3/c13-16(11-5-2-1-3-6-11)10-9-15-12-7-4-8-14-12/h1-8H,9-10H2/t16-/m1/s1. The van der Waals surface area contributed by atoms with Crippen LogP contribution in [0.1, 0.15) is 0 Å². The van der Waals surface area contributed by atoms with E-state index in [1.54, 1.807) is 23.1 Å². The molecule has 0 fully saturated rings. The molecule has 0 radical (unpaired) electrons. The van der Waals surface area contributed by atoms with Crippen LogP contribution in [0.3, 0.4) is 0 Å². The number of benzene rings is 1. The van der Waals surface area contributed by atoms with E-state index < -0.39 is 10.8 Å². The second kappa shape index (κ2) is 6.23. The highest BCUT2D eigenvalue weighted by atomic mass is 32.2. The van der Waals surface area contributed by atoms with Crippen LogP contribution in [0.2, 0.25) is 0 Å². The zero-order chi connectivity index (χ0) is 11.2. The summed E-state index contributed by atoms with van der Waals surface area (Å²) in [6.45, 7) is 0. The predicted molar refractivity (Wildman–Crippen MR) is 72.8 cm³/mol. The van der Waals surface area contributed by atoms with Gasteiger partial charge in [0.2, 0.25) is 0 Å². The molecule has 84 valence electrons. The van der Waals surface area contributed by atoms with Crippen LogP contribution in [-0.2, 0) is 10.8 Å². The first kappa shape index (κ1) is 11.9. The first-order valence-corrected chi connectivity index (χ1v) is 8.14. The highest BCUT2D eigenvalue weighted by molar-refractivity contribution is 8.01. The Morgan fingerprint density at radius 3 is 2.62 bits per heavy atom. The van der Waals surface area contributed by atoms with Gasteiger partial charge in [-0.05, 0) is 23.6 Å². The normalized spacial score (nSPS) is 12.5. The maximum Gasteiger partial charge on any atom is 0.0598 e. The minimum Gasteiger partial charge on any atom is -0.254 e. The first-order chi connectivity index (χ1) is 7.86. The van der Waals surface area contributed by atoms with E-state index in [1.165, 1.54) is 4.21 Å². The Bertz CT molecular complexity index is 437. The van der Waals surface area contributed by atoms with Gasteiger partial charge in [-0.1, -0.05) is 24.3 Å². The maximum absolute atomic E-state index is 11.9. The Labute approximate surface area is 106 Å². The third kappa shape index (κ3) is 3.47. The lowest BCUT2D eigenvalue weighted by Gasteiger charge is -2.00. The molecule has 0 aliphatic rings. The molecule has 1 heterocycles. The van der Waals surface area contributed by atoms with Gasteiger partial charge < -0.3 is 0 Å². The second-order valence-electron chi connectivity index (χ2n) is 3.14. The SMILES string of the molecule is O=[S@](CCSc1cccs1)c1ccccc1. The summed E-state index contributed by atoms with van der Waals surface area (Å²) in [4.78, 5) is 0.925. The van der Waals surface area contributed by atoms with Gasteiger partial charge in [0.05, 0.1) is 15.0 Å². The second-order valence-corrected chi connectivity index (χ2v) is 7.06. The maximum atomic E-state index is 11.9. The number of thioether (sulfide) groups is 1. The Balaban J connectivity index is 1.81. The highest BCUT2D eigenvalue weighted by Gasteiger charge is 2.03. The van der Waals surface area contributed by atoms with Crippen molar-refractivity contribution in [2.45, 2.75) is 9.10 Å². The molecule has 1 aromatic carbocycles. The van der Waals surface area contributed by atoms with Crippen molar-refractivity contribution < 1.29 is 4.21 Å². The monoisotopic (exact) mass is 268 g/mol. The summed E-state index contributed by atoms with van der Waals surface area (Å²) in [6.07, 6.45) is 0. The summed E-state index contributed by atoms with van der Waals surface area (Å²) < 4.78 is 13.2. The minimum absolute atomic E-state index is 0.715. The van der Waals surface area contributed by atoms with E-state index in [1.807, 2.05) is 36.4 Å². The predicted octanol–water partition coefficient (Wildman–Crippen LogP) is 3.65. The summed E-state index contributed by atoms with van der Waals surface area (Å²) in [7, 11) is -0.861. The van der Waals surface area contributed by atoms with E-state index >= 15 is 0 Å². The van der Waals surface area contributed by atoms with Gasteiger partial charge in [0.15, 0.2) is 0 Å². The molecule has 1 atom stereocenters. The van der Waals surface area contributed by atoms with E-state index in [4.69, 9.17) is 0 Å². The Morgan fingerprint density at radius 1 is 1.12 bits per heavy atom. The molecule has 4 heteroatoms. The smallest absolute Gasteiger partial charge is 0.0598 e. The summed E-state index contributed by atoms with van der Waals surface area (Å²) in [5.74, 6) is 1.62. The summed E-state index contributed by atoms with van der Waals surface area (Å²) in [6, 6.07) is 13.8. The van der Waals surface area contributed by atoms with Gasteiger partial charge >= 0.3 is 0 Å². The van der Waals surface area contributed by atoms with Gasteiger partial charge in [-0.2, -0.15) is 0 Å². The lowest BCUT2D eigenvalue weighted by molar-refractivity contribution is 0.684. The van der Waals surface area contributed by atoms with Crippen LogP contribution in [0.15, 0.2) is 56.9 Å². The van der Waals surface area contributed by atoms with Crippen LogP contribution in [0.4, 0.5) is 0 Å². The van der Waals surface area contributed by atoms with Crippen molar-refractivity contribution in [2.24, 2.45) is 0 Å². The van der Waals surface area contributed by atoms with Crippen molar-refractivity contribution in [3.8, 4) is 0 Å². The molecule has 1 nitrogen and oxygen atoms in total. The molecule has 0 aliphatic heterocycles. The first-order valence-electron chi connectivity index (χ1n) is 4.96. The van der Waals surface area contributed by atoms with Crippen molar-refractivity contribution in [1.82, 2.24) is 0 Å². The zero-order valence-electron chi connectivity index (χ0n) is 8.67. The fraction of sp³-hybridized carbons (Fsp3) is 0.167. The molecule has 0 spiro atoms. The molecule has 0 N–H and O–H groups in total. The molecule has 1 aromatic heterocycles. The van der Waals surface area contributed by atoms with Crippen LogP contribution in [-0.4, -0.2) is 15.7 Å². The Kier molecular flexibility index (Phi) is 4.63. The van der Waals surface area contributed by atoms with Gasteiger partial charge in [-0.25, -0.2) is 0 Å². The third-order valence-corrected chi connectivity index (χ3v) is 5.78. The third-order valence-electron chi connectivity index (χ3n) is 2.01. The van der Waals surface area contributed by atoms with E-state index in [2.05, 4.69) is 11.4 Å². The van der Waals surface area contributed by atoms with E-state index in [9.17, 15) is 4.21 Å². The minimum atomic E-state index is -0.861. The van der Waals surface area contributed by atoms with Crippen molar-refractivity contribution in [2.75, 3.05) is 11.5 Å². The van der Waals surface area contributed by atoms with Crippen molar-refractivity contribution in [1.29, 1.82) is 0 Å². The van der Waals surface area contributed by atoms with Crippen LogP contribution in [0.5, 0.6) is 0 Å². The average molecular weight is 268 g/mol. The van der Waals surface area contributed by atoms with Gasteiger partial charge in [-0.15, -0.1) is 23.1 Å². The van der Waals surface area contributed by atoms with Crippen LogP contribution < -0.4 is 0 Å². The number of thiophene rings is 1. The zero-order valence-corrected chi connectivity index (χ0v) is 11.1. The molecular weight excluding hydrogens is 256 g/mol. The van der Waals surface area contributed by atoms with Gasteiger partial charge in [0.25, 0.3) is 0 Å². The number of rotatable bonds is 5. The van der Waals surface area contributed by atoms with Gasteiger partial charge in [0, 0.05) is 16.4 Å². The van der Waals surface area contributed by atoms with Crippen LogP contribution >= 0.6 is 23.1 Å². The molecule has 2 aromatic rings. The van der Waals surface area contributed by atoms with Crippen molar-refractivity contribution in [3.63, 3.8) is 0 Å². The number of hydrogen-bond acceptors (Lipinski definition) is 3. The van der Waals surface area contributed by atoms with Gasteiger partial charge in [-0.3, -0.25) is 4.21 Å². The summed E-state index contributed by atoms with van der Waals surface area (Å²) in [5, 5.41) is 2.07. The van der Waals surface area contributed by atoms with Crippen molar-refractivity contribution in [3.05, 3.63) is 47.8 Å². The fourth-order valence-corrected chi connectivity index (χ4v) is 4.40. The van der Waals surface area contributed by atoms with E-state index in [-0.39, 0.29) is 0 Å². The molecule has 0 amide bonds. The molecule has 0 unspecified atom stereocenters. The lowest BCUT2D eigenvalue weighted by atomic mass is 10.4. The average Bonchev–Trinajstić information content (AvgIpc) is 2.83. The summed E-state index contributed by atoms with van der Waals surface area (Å²) >= 11 is 3.51. The topological polar surface area (TPSA) is 17.1 Å². The molecule has 16 heavy (non-hydrogen) atoms. The van der Waals surface area contributed by atoms with Crippen LogP contribution in [0, 0.1) is 0 Å². The molecule has 0 aliphatic carbocycles. The fourth-order valence-electron chi connectivity index (χ4n) is 1.25. The molecular formula is C12H12OS3. The molecule has 0 bridgehead atoms. The van der Waals surface area contributed by atoms with Crippen molar-refractivity contribution >= 4 is 33.9 Å². The Hall–Kier alpha value is -0.580. The van der Waals surface area contributed by atoms with E-state index in [0.717, 1.165) is 10.6 Å². The lowest BCUT2D eigenvalue weighted by Crippen LogP contribution is -1.99.